The molecule has 0 radical (unpaired) electrons. The fourth-order valence-corrected chi connectivity index (χ4v) is 2.05. The van der Waals surface area contributed by atoms with Crippen LogP contribution in [0.15, 0.2) is 36.4 Å². The van der Waals surface area contributed by atoms with Gasteiger partial charge in [0.05, 0.1) is 0 Å². The van der Waals surface area contributed by atoms with E-state index < -0.39 is 17.5 Å². The number of hydrogen-bond acceptors (Lipinski definition) is 1. The highest BCUT2D eigenvalue weighted by Gasteiger charge is 2.11. The summed E-state index contributed by atoms with van der Waals surface area (Å²) < 4.78 is 39.4. The topological polar surface area (TPSA) is 12.0 Å². The lowest BCUT2D eigenvalue weighted by Gasteiger charge is -2.15. The van der Waals surface area contributed by atoms with Crippen molar-refractivity contribution >= 4 is 11.6 Å². The molecule has 0 saturated carbocycles. The van der Waals surface area contributed by atoms with Crippen LogP contribution in [-0.4, -0.2) is 0 Å². The Kier molecular flexibility index (Phi) is 4.68. The Hall–Kier alpha value is -1.52. The molecule has 0 amide bonds. The first-order valence-corrected chi connectivity index (χ1v) is 6.47. The van der Waals surface area contributed by atoms with Crippen LogP contribution >= 0.6 is 11.6 Å². The van der Waals surface area contributed by atoms with Crippen LogP contribution in [0.5, 0.6) is 0 Å². The summed E-state index contributed by atoms with van der Waals surface area (Å²) in [5.74, 6) is -3.01. The average molecular weight is 300 g/mol. The molecule has 0 heterocycles. The second kappa shape index (κ2) is 6.29. The van der Waals surface area contributed by atoms with Crippen molar-refractivity contribution in [3.63, 3.8) is 0 Å². The predicted molar refractivity (Wildman–Crippen MR) is 73.0 cm³/mol. The largest absolute Gasteiger partial charge is 0.306 e. The standard InChI is InChI=1S/C15H13ClF3N/c1-9(10-3-2-4-12(16)5-10)20-8-11-6-14(18)15(19)7-13(11)17/h2-7,9,20H,8H2,1H3. The molecule has 2 aromatic carbocycles. The van der Waals surface area contributed by atoms with Crippen LogP contribution in [-0.2, 0) is 6.54 Å². The van der Waals surface area contributed by atoms with Gasteiger partial charge in [0.25, 0.3) is 0 Å². The van der Waals surface area contributed by atoms with Crippen LogP contribution in [0.3, 0.4) is 0 Å². The molecule has 0 spiro atoms. The highest BCUT2D eigenvalue weighted by molar-refractivity contribution is 6.30. The molecule has 0 bridgehead atoms. The third-order valence-corrected chi connectivity index (χ3v) is 3.27. The summed E-state index contributed by atoms with van der Waals surface area (Å²) >= 11 is 5.89. The summed E-state index contributed by atoms with van der Waals surface area (Å²) in [6.07, 6.45) is 0. The van der Waals surface area contributed by atoms with Crippen LogP contribution in [0.2, 0.25) is 5.02 Å². The van der Waals surface area contributed by atoms with Crippen molar-refractivity contribution in [2.24, 2.45) is 0 Å². The van der Waals surface area contributed by atoms with Gasteiger partial charge in [0.15, 0.2) is 11.6 Å². The van der Waals surface area contributed by atoms with E-state index >= 15 is 0 Å². The molecule has 1 nitrogen and oxygen atoms in total. The van der Waals surface area contributed by atoms with E-state index in [4.69, 9.17) is 11.6 Å². The van der Waals surface area contributed by atoms with Gasteiger partial charge in [-0.15, -0.1) is 0 Å². The first kappa shape index (κ1) is 14.9. The number of benzene rings is 2. The Morgan fingerprint density at radius 1 is 1.05 bits per heavy atom. The van der Waals surface area contributed by atoms with E-state index in [-0.39, 0.29) is 18.2 Å². The van der Waals surface area contributed by atoms with E-state index in [0.717, 1.165) is 11.6 Å². The van der Waals surface area contributed by atoms with Gasteiger partial charge in [0.2, 0.25) is 0 Å². The van der Waals surface area contributed by atoms with Gasteiger partial charge in [-0.3, -0.25) is 0 Å². The van der Waals surface area contributed by atoms with E-state index in [2.05, 4.69) is 5.32 Å². The third-order valence-electron chi connectivity index (χ3n) is 3.04. The van der Waals surface area contributed by atoms with Crippen molar-refractivity contribution in [2.75, 3.05) is 0 Å². The van der Waals surface area contributed by atoms with Crippen molar-refractivity contribution in [1.82, 2.24) is 5.32 Å². The molecule has 0 aliphatic heterocycles. The van der Waals surface area contributed by atoms with Crippen molar-refractivity contribution in [2.45, 2.75) is 19.5 Å². The van der Waals surface area contributed by atoms with Crippen LogP contribution in [0, 0.1) is 17.5 Å². The van der Waals surface area contributed by atoms with Crippen molar-refractivity contribution < 1.29 is 13.2 Å². The summed E-state index contributed by atoms with van der Waals surface area (Å²) in [5.41, 5.74) is 1.01. The van der Waals surface area contributed by atoms with Crippen LogP contribution in [0.4, 0.5) is 13.2 Å². The number of hydrogen-bond donors (Lipinski definition) is 1. The molecule has 0 aliphatic rings. The molecular formula is C15H13ClF3N. The van der Waals surface area contributed by atoms with Crippen LogP contribution < -0.4 is 5.32 Å². The Morgan fingerprint density at radius 3 is 2.45 bits per heavy atom. The van der Waals surface area contributed by atoms with Gasteiger partial charge in [-0.05, 0) is 30.7 Å². The van der Waals surface area contributed by atoms with Crippen LogP contribution in [0.25, 0.3) is 0 Å². The zero-order chi connectivity index (χ0) is 14.7. The minimum atomic E-state index is -1.19. The molecule has 2 aromatic rings. The highest BCUT2D eigenvalue weighted by atomic mass is 35.5. The Bertz CT molecular complexity index is 616. The van der Waals surface area contributed by atoms with E-state index in [1.165, 1.54) is 0 Å². The third kappa shape index (κ3) is 3.52. The smallest absolute Gasteiger partial charge is 0.161 e. The van der Waals surface area contributed by atoms with Gasteiger partial charge in [0, 0.05) is 29.2 Å². The SMILES string of the molecule is CC(NCc1cc(F)c(F)cc1F)c1cccc(Cl)c1. The number of nitrogens with one attached hydrogen (secondary N) is 1. The van der Waals surface area contributed by atoms with E-state index in [9.17, 15) is 13.2 Å². The summed E-state index contributed by atoms with van der Waals surface area (Å²) in [7, 11) is 0. The second-order valence-corrected chi connectivity index (χ2v) is 4.95. The fraction of sp³-hybridized carbons (Fsp3) is 0.200. The van der Waals surface area contributed by atoms with Crippen LogP contribution in [0.1, 0.15) is 24.1 Å². The normalized spacial score (nSPS) is 12.4. The molecule has 0 aliphatic carbocycles. The molecule has 1 N–H and O–H groups in total. The Morgan fingerprint density at radius 2 is 1.75 bits per heavy atom. The number of rotatable bonds is 4. The maximum atomic E-state index is 13.5. The molecule has 0 fully saturated rings. The molecule has 1 atom stereocenters. The molecule has 106 valence electrons. The Balaban J connectivity index is 2.07. The van der Waals surface area contributed by atoms with E-state index in [1.807, 2.05) is 19.1 Å². The molecular weight excluding hydrogens is 287 g/mol. The maximum Gasteiger partial charge on any atom is 0.161 e. The lowest BCUT2D eigenvalue weighted by Crippen LogP contribution is -2.19. The first-order chi connectivity index (χ1) is 9.47. The van der Waals surface area contributed by atoms with Gasteiger partial charge < -0.3 is 5.32 Å². The maximum absolute atomic E-state index is 13.5. The molecule has 2 rings (SSSR count). The van der Waals surface area contributed by atoms with Crippen molar-refractivity contribution in [3.8, 4) is 0 Å². The predicted octanol–water partition coefficient (Wildman–Crippen LogP) is 4.61. The second-order valence-electron chi connectivity index (χ2n) is 4.52. The van der Waals surface area contributed by atoms with Gasteiger partial charge in [-0.25, -0.2) is 13.2 Å². The van der Waals surface area contributed by atoms with E-state index in [1.54, 1.807) is 12.1 Å². The van der Waals surface area contributed by atoms with Gasteiger partial charge in [0.1, 0.15) is 5.82 Å². The zero-order valence-electron chi connectivity index (χ0n) is 10.8. The minimum absolute atomic E-state index is 0.0813. The van der Waals surface area contributed by atoms with Crippen molar-refractivity contribution in [3.05, 3.63) is 70.0 Å². The quantitative estimate of drug-likeness (QED) is 0.813. The zero-order valence-corrected chi connectivity index (χ0v) is 11.5. The summed E-state index contributed by atoms with van der Waals surface area (Å²) in [6, 6.07) is 8.56. The minimum Gasteiger partial charge on any atom is -0.306 e. The summed E-state index contributed by atoms with van der Waals surface area (Å²) in [4.78, 5) is 0. The fourth-order valence-electron chi connectivity index (χ4n) is 1.86. The van der Waals surface area contributed by atoms with Gasteiger partial charge in [-0.1, -0.05) is 23.7 Å². The molecule has 5 heteroatoms. The molecule has 0 saturated heterocycles. The molecule has 1 unspecified atom stereocenters. The molecule has 20 heavy (non-hydrogen) atoms. The lowest BCUT2D eigenvalue weighted by molar-refractivity contribution is 0.482. The summed E-state index contributed by atoms with van der Waals surface area (Å²) in [6.45, 7) is 1.97. The lowest BCUT2D eigenvalue weighted by atomic mass is 10.1. The first-order valence-electron chi connectivity index (χ1n) is 6.09. The molecule has 0 aromatic heterocycles. The monoisotopic (exact) mass is 299 g/mol. The summed E-state index contributed by atoms with van der Waals surface area (Å²) in [5, 5.41) is 3.65. The average Bonchev–Trinajstić information content (AvgIpc) is 2.41. The van der Waals surface area contributed by atoms with Gasteiger partial charge in [-0.2, -0.15) is 0 Å². The van der Waals surface area contributed by atoms with E-state index in [0.29, 0.717) is 11.1 Å². The van der Waals surface area contributed by atoms with Gasteiger partial charge >= 0.3 is 0 Å². The number of halogens is 4. The van der Waals surface area contributed by atoms with Crippen molar-refractivity contribution in [1.29, 1.82) is 0 Å². The Labute approximate surface area is 120 Å². The highest BCUT2D eigenvalue weighted by Crippen LogP contribution is 2.19.